The third-order valence-corrected chi connectivity index (χ3v) is 4.83. The van der Waals surface area contributed by atoms with Crippen molar-refractivity contribution >= 4 is 17.4 Å². The van der Waals surface area contributed by atoms with E-state index in [1.165, 1.54) is 27.8 Å². The van der Waals surface area contributed by atoms with Gasteiger partial charge in [0, 0.05) is 17.0 Å². The fraction of sp³-hybridized carbons (Fsp3) is 0.350. The molecule has 0 saturated heterocycles. The second-order valence-electron chi connectivity index (χ2n) is 5.95. The van der Waals surface area contributed by atoms with E-state index in [0.717, 1.165) is 36.3 Å². The number of benzene rings is 2. The summed E-state index contributed by atoms with van der Waals surface area (Å²) in [5.41, 5.74) is 7.20. The second-order valence-corrected chi connectivity index (χ2v) is 6.39. The smallest absolute Gasteiger partial charge is 0.163 e. The monoisotopic (exact) mass is 312 g/mol. The number of carbonyl (C=O) groups is 1. The fourth-order valence-electron chi connectivity index (χ4n) is 3.39. The van der Waals surface area contributed by atoms with Crippen molar-refractivity contribution in [1.82, 2.24) is 0 Å². The third-order valence-electron chi connectivity index (χ3n) is 4.60. The topological polar surface area (TPSA) is 17.1 Å². The maximum absolute atomic E-state index is 12.2. The van der Waals surface area contributed by atoms with Crippen molar-refractivity contribution in [1.29, 1.82) is 0 Å². The van der Waals surface area contributed by atoms with Gasteiger partial charge in [0.2, 0.25) is 0 Å². The van der Waals surface area contributed by atoms with Gasteiger partial charge in [-0.25, -0.2) is 0 Å². The Morgan fingerprint density at radius 3 is 2.36 bits per heavy atom. The van der Waals surface area contributed by atoms with Crippen LogP contribution in [0.1, 0.15) is 53.7 Å². The number of carbonyl (C=O) groups excluding carboxylic acids is 1. The first-order chi connectivity index (χ1) is 10.6. The minimum absolute atomic E-state index is 0.300. The lowest BCUT2D eigenvalue weighted by atomic mass is 9.84. The zero-order valence-electron chi connectivity index (χ0n) is 13.2. The molecule has 0 amide bonds. The molecule has 0 aliphatic heterocycles. The molecular formula is C20H21ClO. The summed E-state index contributed by atoms with van der Waals surface area (Å²) in [6.07, 6.45) is 4.55. The summed E-state index contributed by atoms with van der Waals surface area (Å²) in [7, 11) is 0. The standard InChI is InChI=1S/C20H21ClO/c1-3-13-10-16(21)8-9-17(13)18-12-15-6-5-7-20(22)19(15)11-14(18)4-2/h8-12H,3-7H2,1-2H3. The van der Waals surface area contributed by atoms with Gasteiger partial charge >= 0.3 is 0 Å². The van der Waals surface area contributed by atoms with Crippen LogP contribution in [-0.2, 0) is 19.3 Å². The van der Waals surface area contributed by atoms with Crippen molar-refractivity contribution in [3.63, 3.8) is 0 Å². The number of ketones is 1. The first-order valence-corrected chi connectivity index (χ1v) is 8.49. The fourth-order valence-corrected chi connectivity index (χ4v) is 3.59. The lowest BCUT2D eigenvalue weighted by Gasteiger charge is -2.20. The summed E-state index contributed by atoms with van der Waals surface area (Å²) >= 11 is 6.15. The van der Waals surface area contributed by atoms with E-state index in [4.69, 9.17) is 11.6 Å². The summed E-state index contributed by atoms with van der Waals surface area (Å²) in [5, 5.41) is 0.784. The lowest BCUT2D eigenvalue weighted by molar-refractivity contribution is 0.0972. The number of aryl methyl sites for hydroxylation is 3. The summed E-state index contributed by atoms with van der Waals surface area (Å²) in [6.45, 7) is 4.31. The van der Waals surface area contributed by atoms with Crippen molar-refractivity contribution in [2.24, 2.45) is 0 Å². The normalized spacial score (nSPS) is 14.0. The van der Waals surface area contributed by atoms with Crippen molar-refractivity contribution < 1.29 is 4.79 Å². The highest BCUT2D eigenvalue weighted by atomic mass is 35.5. The van der Waals surface area contributed by atoms with Gasteiger partial charge in [-0.3, -0.25) is 4.79 Å². The minimum Gasteiger partial charge on any atom is -0.294 e. The van der Waals surface area contributed by atoms with Crippen molar-refractivity contribution in [2.75, 3.05) is 0 Å². The predicted octanol–water partition coefficient (Wildman–Crippen LogP) is 5.65. The van der Waals surface area contributed by atoms with Gasteiger partial charge in [0.25, 0.3) is 0 Å². The van der Waals surface area contributed by atoms with Crippen LogP contribution in [0, 0.1) is 0 Å². The highest BCUT2D eigenvalue weighted by Crippen LogP contribution is 2.34. The quantitative estimate of drug-likeness (QED) is 0.715. The van der Waals surface area contributed by atoms with Gasteiger partial charge in [-0.05, 0) is 71.7 Å². The molecule has 0 atom stereocenters. The Kier molecular flexibility index (Phi) is 4.35. The first kappa shape index (κ1) is 15.3. The number of halogens is 1. The molecule has 1 aliphatic carbocycles. The molecule has 1 nitrogen and oxygen atoms in total. The van der Waals surface area contributed by atoms with Crippen LogP contribution in [0.5, 0.6) is 0 Å². The van der Waals surface area contributed by atoms with Gasteiger partial charge in [-0.1, -0.05) is 37.6 Å². The molecule has 0 fully saturated rings. The maximum atomic E-state index is 12.2. The van der Waals surface area contributed by atoms with Gasteiger partial charge in [0.05, 0.1) is 0 Å². The van der Waals surface area contributed by atoms with Crippen LogP contribution < -0.4 is 0 Å². The molecule has 0 N–H and O–H groups in total. The van der Waals surface area contributed by atoms with E-state index in [2.05, 4.69) is 38.1 Å². The van der Waals surface area contributed by atoms with Gasteiger partial charge in [-0.15, -0.1) is 0 Å². The molecule has 0 saturated carbocycles. The molecule has 0 spiro atoms. The lowest BCUT2D eigenvalue weighted by Crippen LogP contribution is -2.12. The van der Waals surface area contributed by atoms with E-state index in [-0.39, 0.29) is 0 Å². The highest BCUT2D eigenvalue weighted by molar-refractivity contribution is 6.30. The van der Waals surface area contributed by atoms with Crippen LogP contribution in [0.2, 0.25) is 5.02 Å². The Labute approximate surface area is 137 Å². The largest absolute Gasteiger partial charge is 0.294 e. The van der Waals surface area contributed by atoms with Crippen LogP contribution >= 0.6 is 11.6 Å². The highest BCUT2D eigenvalue weighted by Gasteiger charge is 2.20. The van der Waals surface area contributed by atoms with Crippen molar-refractivity contribution in [2.45, 2.75) is 46.0 Å². The maximum Gasteiger partial charge on any atom is 0.163 e. The summed E-state index contributed by atoms with van der Waals surface area (Å²) < 4.78 is 0. The number of hydrogen-bond donors (Lipinski definition) is 0. The van der Waals surface area contributed by atoms with E-state index in [0.29, 0.717) is 12.2 Å². The molecule has 0 radical (unpaired) electrons. The predicted molar refractivity (Wildman–Crippen MR) is 92.9 cm³/mol. The number of fused-ring (bicyclic) bond motifs is 1. The average Bonchev–Trinajstić information content (AvgIpc) is 2.54. The van der Waals surface area contributed by atoms with Crippen LogP contribution in [0.15, 0.2) is 30.3 Å². The summed E-state index contributed by atoms with van der Waals surface area (Å²) in [4.78, 5) is 12.2. The summed E-state index contributed by atoms with van der Waals surface area (Å²) in [6, 6.07) is 10.5. The van der Waals surface area contributed by atoms with E-state index in [9.17, 15) is 4.79 Å². The van der Waals surface area contributed by atoms with Crippen LogP contribution in [0.4, 0.5) is 0 Å². The first-order valence-electron chi connectivity index (χ1n) is 8.11. The molecule has 114 valence electrons. The molecule has 0 unspecified atom stereocenters. The van der Waals surface area contributed by atoms with E-state index in [1.54, 1.807) is 0 Å². The van der Waals surface area contributed by atoms with E-state index >= 15 is 0 Å². The van der Waals surface area contributed by atoms with Crippen LogP contribution in [0.3, 0.4) is 0 Å². The van der Waals surface area contributed by atoms with Gasteiger partial charge < -0.3 is 0 Å². The third kappa shape index (κ3) is 2.70. The van der Waals surface area contributed by atoms with Crippen molar-refractivity contribution in [3.05, 3.63) is 57.6 Å². The van der Waals surface area contributed by atoms with Crippen LogP contribution in [0.25, 0.3) is 11.1 Å². The zero-order valence-corrected chi connectivity index (χ0v) is 14.0. The molecule has 0 heterocycles. The summed E-state index contributed by atoms with van der Waals surface area (Å²) in [5.74, 6) is 0.300. The minimum atomic E-state index is 0.300. The molecule has 2 aromatic carbocycles. The Morgan fingerprint density at radius 1 is 0.909 bits per heavy atom. The SMILES string of the molecule is CCc1cc(Cl)ccc1-c1cc2c(cc1CC)C(=O)CCC2. The van der Waals surface area contributed by atoms with E-state index < -0.39 is 0 Å². The molecular weight excluding hydrogens is 292 g/mol. The molecule has 1 aliphatic rings. The van der Waals surface area contributed by atoms with Crippen LogP contribution in [-0.4, -0.2) is 5.78 Å². The Balaban J connectivity index is 2.20. The molecule has 22 heavy (non-hydrogen) atoms. The van der Waals surface area contributed by atoms with Crippen molar-refractivity contribution in [3.8, 4) is 11.1 Å². The number of Topliss-reactive ketones (excluding diaryl/α,β-unsaturated/α-hetero) is 1. The number of rotatable bonds is 3. The van der Waals surface area contributed by atoms with Gasteiger partial charge in [0.1, 0.15) is 0 Å². The molecule has 2 heteroatoms. The average molecular weight is 313 g/mol. The zero-order chi connectivity index (χ0) is 15.7. The Bertz CT molecular complexity index is 731. The molecule has 3 rings (SSSR count). The number of hydrogen-bond acceptors (Lipinski definition) is 1. The molecule has 2 aromatic rings. The van der Waals surface area contributed by atoms with Gasteiger partial charge in [0.15, 0.2) is 5.78 Å². The Morgan fingerprint density at radius 2 is 1.64 bits per heavy atom. The second kappa shape index (κ2) is 6.26. The molecule has 0 aromatic heterocycles. The molecule has 0 bridgehead atoms. The Hall–Kier alpha value is -1.60. The van der Waals surface area contributed by atoms with E-state index in [1.807, 2.05) is 6.07 Å². The van der Waals surface area contributed by atoms with Gasteiger partial charge in [-0.2, -0.15) is 0 Å².